The maximum atomic E-state index is 5.85. The normalized spacial score (nSPS) is 9.82. The molecule has 0 aliphatic heterocycles. The van der Waals surface area contributed by atoms with Crippen LogP contribution in [0.4, 0.5) is 0 Å². The molecular formula is C8H20B2O. The van der Waals surface area contributed by atoms with Crippen molar-refractivity contribution in [3.05, 3.63) is 0 Å². The lowest BCUT2D eigenvalue weighted by Gasteiger charge is -2.16. The van der Waals surface area contributed by atoms with E-state index >= 15 is 0 Å². The summed E-state index contributed by atoms with van der Waals surface area (Å²) < 4.78 is 5.85. The van der Waals surface area contributed by atoms with Crippen LogP contribution in [0.15, 0.2) is 0 Å². The molecule has 0 unspecified atom stereocenters. The van der Waals surface area contributed by atoms with Gasteiger partial charge in [0.2, 0.25) is 0 Å². The lowest BCUT2D eigenvalue weighted by Crippen LogP contribution is -2.26. The predicted octanol–water partition coefficient (Wildman–Crippen LogP) is 3.07. The van der Waals surface area contributed by atoms with Crippen molar-refractivity contribution < 1.29 is 4.57 Å². The molecule has 0 aliphatic rings. The second-order valence-corrected chi connectivity index (χ2v) is 3.01. The number of rotatable bonds is 6. The first-order valence-electron chi connectivity index (χ1n) is 4.93. The largest absolute Gasteiger partial charge is 0.498 e. The van der Waals surface area contributed by atoms with E-state index in [1.165, 1.54) is 0 Å². The molecule has 0 amide bonds. The summed E-state index contributed by atoms with van der Waals surface area (Å²) in [6.45, 7) is 9.74. The first-order valence-corrected chi connectivity index (χ1v) is 4.93. The molecule has 0 fully saturated rings. The van der Waals surface area contributed by atoms with E-state index in [1.807, 2.05) is 0 Å². The minimum absolute atomic E-state index is 0.486. The Labute approximate surface area is 72.1 Å². The van der Waals surface area contributed by atoms with Gasteiger partial charge in [-0.25, -0.2) is 0 Å². The van der Waals surface area contributed by atoms with Crippen LogP contribution in [0.3, 0.4) is 0 Å². The van der Waals surface area contributed by atoms with Crippen molar-refractivity contribution in [2.75, 3.05) is 0 Å². The molecule has 0 saturated carbocycles. The second-order valence-electron chi connectivity index (χ2n) is 3.01. The van der Waals surface area contributed by atoms with E-state index in [0.717, 1.165) is 25.3 Å². The van der Waals surface area contributed by atoms with Crippen molar-refractivity contribution in [1.82, 2.24) is 0 Å². The quantitative estimate of drug-likeness (QED) is 0.534. The molecule has 0 aliphatic carbocycles. The van der Waals surface area contributed by atoms with E-state index in [4.69, 9.17) is 4.57 Å². The van der Waals surface area contributed by atoms with Gasteiger partial charge in [0.25, 0.3) is 13.8 Å². The molecule has 0 saturated heterocycles. The highest BCUT2D eigenvalue weighted by atomic mass is 16.4. The molecule has 0 heterocycles. The van der Waals surface area contributed by atoms with Crippen LogP contribution in [0.5, 0.6) is 0 Å². The summed E-state index contributed by atoms with van der Waals surface area (Å²) in [5.74, 6) is 0. The minimum Gasteiger partial charge on any atom is -0.498 e. The molecule has 3 heteroatoms. The molecule has 0 N–H and O–H groups in total. The fourth-order valence-electron chi connectivity index (χ4n) is 1.23. The molecule has 0 atom stereocenters. The molecule has 0 rings (SSSR count). The van der Waals surface area contributed by atoms with Gasteiger partial charge in [0.15, 0.2) is 0 Å². The summed E-state index contributed by atoms with van der Waals surface area (Å²) in [5.41, 5.74) is 0. The Hall–Kier alpha value is 0.0899. The lowest BCUT2D eigenvalue weighted by atomic mass is 9.54. The van der Waals surface area contributed by atoms with Gasteiger partial charge >= 0.3 is 0 Å². The van der Waals surface area contributed by atoms with Gasteiger partial charge in [-0.3, -0.25) is 0 Å². The number of hydrogen-bond acceptors (Lipinski definition) is 1. The van der Waals surface area contributed by atoms with Crippen molar-refractivity contribution in [2.24, 2.45) is 0 Å². The fourth-order valence-corrected chi connectivity index (χ4v) is 1.23. The van der Waals surface area contributed by atoms with E-state index in [-0.39, 0.29) is 0 Å². The maximum absolute atomic E-state index is 5.85. The van der Waals surface area contributed by atoms with Crippen LogP contribution < -0.4 is 0 Å². The average molecular weight is 154 g/mol. The Morgan fingerprint density at radius 1 is 0.727 bits per heavy atom. The minimum atomic E-state index is 0.486. The summed E-state index contributed by atoms with van der Waals surface area (Å²) >= 11 is 0. The summed E-state index contributed by atoms with van der Waals surface area (Å²) in [6.07, 6.45) is 4.58. The summed E-state index contributed by atoms with van der Waals surface area (Å²) in [6, 6.07) is 0. The fraction of sp³-hybridized carbons (Fsp3) is 1.00. The summed E-state index contributed by atoms with van der Waals surface area (Å²) in [7, 11) is 0. The van der Waals surface area contributed by atoms with Crippen LogP contribution in [0.1, 0.15) is 27.7 Å². The van der Waals surface area contributed by atoms with Crippen molar-refractivity contribution in [1.29, 1.82) is 0 Å². The third kappa shape index (κ3) is 4.52. The van der Waals surface area contributed by atoms with E-state index in [9.17, 15) is 0 Å². The van der Waals surface area contributed by atoms with Crippen molar-refractivity contribution in [2.45, 2.75) is 53.0 Å². The molecule has 1 nitrogen and oxygen atoms in total. The van der Waals surface area contributed by atoms with E-state index in [0.29, 0.717) is 13.8 Å². The number of hydrogen-bond donors (Lipinski definition) is 0. The van der Waals surface area contributed by atoms with Crippen molar-refractivity contribution >= 4 is 13.8 Å². The smallest absolute Gasteiger partial charge is 0.275 e. The molecule has 0 bridgehead atoms. The Morgan fingerprint density at radius 3 is 1.18 bits per heavy atom. The van der Waals surface area contributed by atoms with Crippen LogP contribution in [0.2, 0.25) is 25.3 Å². The monoisotopic (exact) mass is 154 g/mol. The Morgan fingerprint density at radius 2 is 1.00 bits per heavy atom. The third-order valence-electron chi connectivity index (χ3n) is 2.21. The van der Waals surface area contributed by atoms with Gasteiger partial charge in [0, 0.05) is 0 Å². The predicted molar refractivity (Wildman–Crippen MR) is 54.5 cm³/mol. The average Bonchev–Trinajstić information content (AvgIpc) is 2.07. The molecule has 0 spiro atoms. The van der Waals surface area contributed by atoms with Gasteiger partial charge in [-0.1, -0.05) is 53.0 Å². The second kappa shape index (κ2) is 6.78. The summed E-state index contributed by atoms with van der Waals surface area (Å²) in [5, 5.41) is 0. The molecular weight excluding hydrogens is 134 g/mol. The Bertz CT molecular complexity index is 70.2. The van der Waals surface area contributed by atoms with Gasteiger partial charge in [0.05, 0.1) is 0 Å². The van der Waals surface area contributed by atoms with Crippen LogP contribution >= 0.6 is 0 Å². The highest BCUT2D eigenvalue weighted by Crippen LogP contribution is 2.07. The Balaban J connectivity index is 3.58. The van der Waals surface area contributed by atoms with Gasteiger partial charge in [-0.15, -0.1) is 0 Å². The van der Waals surface area contributed by atoms with Gasteiger partial charge in [0.1, 0.15) is 0 Å². The van der Waals surface area contributed by atoms with Crippen LogP contribution in [0.25, 0.3) is 0 Å². The van der Waals surface area contributed by atoms with Gasteiger partial charge < -0.3 is 4.57 Å². The molecule has 0 aromatic rings. The highest BCUT2D eigenvalue weighted by Gasteiger charge is 2.17. The van der Waals surface area contributed by atoms with E-state index in [1.54, 1.807) is 0 Å². The molecule has 64 valence electrons. The zero-order valence-corrected chi connectivity index (χ0v) is 8.39. The summed E-state index contributed by atoms with van der Waals surface area (Å²) in [4.78, 5) is 0. The lowest BCUT2D eigenvalue weighted by molar-refractivity contribution is 0.576. The molecule has 0 radical (unpaired) electrons. The van der Waals surface area contributed by atoms with Crippen LogP contribution in [-0.4, -0.2) is 13.8 Å². The third-order valence-corrected chi connectivity index (χ3v) is 2.21. The maximum Gasteiger partial charge on any atom is 0.275 e. The topological polar surface area (TPSA) is 9.23 Å². The molecule has 0 aromatic heterocycles. The zero-order valence-electron chi connectivity index (χ0n) is 8.39. The molecule has 11 heavy (non-hydrogen) atoms. The van der Waals surface area contributed by atoms with Gasteiger partial charge in [-0.05, 0) is 0 Å². The first kappa shape index (κ1) is 11.1. The van der Waals surface area contributed by atoms with E-state index in [2.05, 4.69) is 27.7 Å². The standard InChI is InChI=1S/C8H20B2O/c1-5-9(6-2)11-10(7-3)8-4/h5-8H2,1-4H3. The SMILES string of the molecule is CCB(CC)OB(CC)CC. The zero-order chi connectivity index (χ0) is 8.69. The van der Waals surface area contributed by atoms with Crippen molar-refractivity contribution in [3.8, 4) is 0 Å². The first-order chi connectivity index (χ1) is 5.28. The van der Waals surface area contributed by atoms with Crippen molar-refractivity contribution in [3.63, 3.8) is 0 Å². The van der Waals surface area contributed by atoms with Crippen LogP contribution in [-0.2, 0) is 4.57 Å². The highest BCUT2D eigenvalue weighted by molar-refractivity contribution is 6.65. The molecule has 0 aromatic carbocycles. The van der Waals surface area contributed by atoms with Gasteiger partial charge in [-0.2, -0.15) is 0 Å². The van der Waals surface area contributed by atoms with Crippen LogP contribution in [0, 0.1) is 0 Å². The Kier molecular flexibility index (Phi) is 6.83. The van der Waals surface area contributed by atoms with E-state index < -0.39 is 0 Å².